The van der Waals surface area contributed by atoms with E-state index in [1.165, 1.54) is 30.7 Å². The minimum atomic E-state index is -1.94. The van der Waals surface area contributed by atoms with Crippen LogP contribution in [0.2, 0.25) is 0 Å². The minimum Gasteiger partial charge on any atom is -0.506 e. The van der Waals surface area contributed by atoms with Crippen LogP contribution in [0, 0.1) is 17.6 Å². The zero-order chi connectivity index (χ0) is 35.0. The van der Waals surface area contributed by atoms with Crippen molar-refractivity contribution in [2.24, 2.45) is 5.92 Å². The van der Waals surface area contributed by atoms with Gasteiger partial charge in [-0.3, -0.25) is 32.3 Å². The molecule has 0 spiro atoms. The molecular formula is C31H29F2N7O7S2. The first kappa shape index (κ1) is 33.5. The molecule has 2 aliphatic rings. The molecule has 2 saturated heterocycles. The summed E-state index contributed by atoms with van der Waals surface area (Å²) >= 11 is -3.85. The third kappa shape index (κ3) is 6.82. The van der Waals surface area contributed by atoms with Gasteiger partial charge < -0.3 is 14.6 Å². The maximum atomic E-state index is 15.0. The monoisotopic (exact) mass is 713 g/mol. The molecule has 0 bridgehead atoms. The summed E-state index contributed by atoms with van der Waals surface area (Å²) in [6.45, 7) is 4.36. The quantitative estimate of drug-likeness (QED) is 0.195. The topological polar surface area (TPSA) is 183 Å². The number of aryl methyl sites for hydroxylation is 1. The maximum Gasteiger partial charge on any atom is 0.253 e. The van der Waals surface area contributed by atoms with Gasteiger partial charge in [-0.25, -0.2) is 22.2 Å². The Morgan fingerprint density at radius 3 is 1.98 bits per heavy atom. The number of aromatic nitrogens is 3. The second-order valence-electron chi connectivity index (χ2n) is 11.4. The molecule has 7 rings (SSSR count). The molecule has 0 radical (unpaired) electrons. The normalized spacial score (nSPS) is 17.4. The molecule has 0 aliphatic carbocycles. The summed E-state index contributed by atoms with van der Waals surface area (Å²) in [7, 11) is 0. The number of anilines is 2. The summed E-state index contributed by atoms with van der Waals surface area (Å²) in [5.41, 5.74) is 2.04. The Hall–Kier alpha value is -5.36. The number of fused-ring (bicyclic) bond motifs is 1. The predicted octanol–water partition coefficient (Wildman–Crippen LogP) is 3.81. The van der Waals surface area contributed by atoms with Gasteiger partial charge in [0.05, 0.1) is 6.20 Å². The van der Waals surface area contributed by atoms with Crippen LogP contribution in [0.3, 0.4) is 0 Å². The zero-order valence-corrected chi connectivity index (χ0v) is 27.6. The van der Waals surface area contributed by atoms with E-state index in [1.807, 2.05) is 0 Å². The lowest BCUT2D eigenvalue weighted by atomic mass is 10.0. The first-order valence-corrected chi connectivity index (χ1v) is 17.0. The summed E-state index contributed by atoms with van der Waals surface area (Å²) in [6, 6.07) is 10.4. The van der Waals surface area contributed by atoms with Gasteiger partial charge in [0.2, 0.25) is 22.3 Å². The Kier molecular flexibility index (Phi) is 9.33. The second kappa shape index (κ2) is 13.6. The molecule has 4 N–H and O–H groups in total. The number of halogens is 2. The SMILES string of the molecule is CC(C)CCn1cc(-c2ccc(O)c(N3CC(=O)NS3=O)c2F)cn1.O=C1CN(c2c(O)ccc(-c3ccc4ocnc4c3)c2F)S(=O)N1. The number of carbonyl (C=O) groups excluding carboxylic acids is 2. The fourth-order valence-corrected chi connectivity index (χ4v) is 7.03. The number of oxazole rings is 1. The number of nitrogens with one attached hydrogen (secondary N) is 2. The van der Waals surface area contributed by atoms with Crippen molar-refractivity contribution < 1.29 is 41.4 Å². The van der Waals surface area contributed by atoms with Crippen molar-refractivity contribution in [3.63, 3.8) is 0 Å². The van der Waals surface area contributed by atoms with Crippen molar-refractivity contribution in [1.82, 2.24) is 24.2 Å². The highest BCUT2D eigenvalue weighted by Gasteiger charge is 2.33. The summed E-state index contributed by atoms with van der Waals surface area (Å²) in [5.74, 6) is -2.77. The molecule has 2 atom stereocenters. The van der Waals surface area contributed by atoms with Crippen LogP contribution in [0.4, 0.5) is 20.2 Å². The van der Waals surface area contributed by atoms with E-state index in [9.17, 15) is 37.0 Å². The number of hydrogen-bond donors (Lipinski definition) is 4. The van der Waals surface area contributed by atoms with Crippen molar-refractivity contribution in [2.75, 3.05) is 21.7 Å². The van der Waals surface area contributed by atoms with Gasteiger partial charge in [0.15, 0.2) is 23.6 Å². The first-order valence-electron chi connectivity index (χ1n) is 14.8. The molecule has 14 nitrogen and oxygen atoms in total. The van der Waals surface area contributed by atoms with Gasteiger partial charge >= 0.3 is 0 Å². The first-order chi connectivity index (χ1) is 23.4. The lowest BCUT2D eigenvalue weighted by molar-refractivity contribution is -0.118. The van der Waals surface area contributed by atoms with Crippen LogP contribution in [-0.4, -0.2) is 58.3 Å². The molecular weight excluding hydrogens is 685 g/mol. The van der Waals surface area contributed by atoms with E-state index in [0.717, 1.165) is 21.6 Å². The van der Waals surface area contributed by atoms with E-state index in [4.69, 9.17) is 4.42 Å². The number of nitrogens with zero attached hydrogens (tertiary/aromatic N) is 5. The number of amides is 2. The molecule has 4 heterocycles. The van der Waals surface area contributed by atoms with Crippen LogP contribution in [-0.2, 0) is 38.5 Å². The molecule has 0 saturated carbocycles. The van der Waals surface area contributed by atoms with Gasteiger partial charge in [0.25, 0.3) is 11.8 Å². The number of phenolic OH excluding ortho intramolecular Hbond substituents is 2. The van der Waals surface area contributed by atoms with E-state index in [-0.39, 0.29) is 41.3 Å². The van der Waals surface area contributed by atoms with E-state index in [0.29, 0.717) is 28.1 Å². The standard InChI is InChI=1S/C16H19FN4O3S.C15H10FN3O4S/c1-10(2)5-6-20-8-11(7-18-20)12-3-4-13(22)16(15(12)17)21-9-14(23)19-25(21)24;16-14-9(8-1-4-12-10(5-8)17-7-23-12)2-3-11(20)15(14)19-6-13(21)18-24(19)22/h3-4,7-8,10,22H,5-6,9H2,1-2H3,(H,19,23);1-5,7,20H,6H2,(H,18,21). The molecule has 5 aromatic rings. The highest BCUT2D eigenvalue weighted by Crippen LogP contribution is 2.39. The molecule has 49 heavy (non-hydrogen) atoms. The molecule has 2 unspecified atom stereocenters. The van der Waals surface area contributed by atoms with Crippen LogP contribution in [0.1, 0.15) is 20.3 Å². The molecule has 2 fully saturated rings. The zero-order valence-electron chi connectivity index (χ0n) is 25.9. The molecule has 2 aromatic heterocycles. The smallest absolute Gasteiger partial charge is 0.253 e. The number of benzene rings is 3. The van der Waals surface area contributed by atoms with Gasteiger partial charge in [-0.15, -0.1) is 0 Å². The summed E-state index contributed by atoms with van der Waals surface area (Å²) in [6.07, 6.45) is 5.51. The number of phenols is 2. The largest absolute Gasteiger partial charge is 0.506 e. The van der Waals surface area contributed by atoms with Gasteiger partial charge in [-0.1, -0.05) is 19.9 Å². The van der Waals surface area contributed by atoms with Crippen LogP contribution in [0.5, 0.6) is 11.5 Å². The molecule has 3 aromatic carbocycles. The fourth-order valence-electron chi connectivity index (χ4n) is 5.14. The molecule has 2 amide bonds. The third-order valence-electron chi connectivity index (χ3n) is 7.59. The molecule has 2 aliphatic heterocycles. The number of rotatable bonds is 7. The highest BCUT2D eigenvalue weighted by atomic mass is 32.2. The van der Waals surface area contributed by atoms with E-state index in [1.54, 1.807) is 35.3 Å². The van der Waals surface area contributed by atoms with Crippen LogP contribution in [0.25, 0.3) is 33.4 Å². The van der Waals surface area contributed by atoms with Crippen LogP contribution < -0.4 is 18.1 Å². The van der Waals surface area contributed by atoms with Gasteiger partial charge in [-0.05, 0) is 54.3 Å². The fraction of sp³-hybridized carbons (Fsp3) is 0.226. The Bertz CT molecular complexity index is 2140. The average molecular weight is 714 g/mol. The van der Waals surface area contributed by atoms with E-state index >= 15 is 0 Å². The van der Waals surface area contributed by atoms with Crippen LogP contribution >= 0.6 is 0 Å². The summed E-state index contributed by atoms with van der Waals surface area (Å²) < 4.78 is 66.9. The molecule has 256 valence electrons. The van der Waals surface area contributed by atoms with Gasteiger partial charge in [0, 0.05) is 29.4 Å². The Labute approximate surface area is 282 Å². The van der Waals surface area contributed by atoms with Gasteiger partial charge in [0.1, 0.15) is 41.5 Å². The van der Waals surface area contributed by atoms with Crippen molar-refractivity contribution in [3.8, 4) is 33.8 Å². The van der Waals surface area contributed by atoms with Gasteiger partial charge in [-0.2, -0.15) is 5.10 Å². The third-order valence-corrected chi connectivity index (χ3v) is 9.82. The Morgan fingerprint density at radius 1 is 0.878 bits per heavy atom. The second-order valence-corrected chi connectivity index (χ2v) is 13.7. The Morgan fingerprint density at radius 2 is 1.45 bits per heavy atom. The number of hydrogen-bond acceptors (Lipinski definition) is 9. The van der Waals surface area contributed by atoms with E-state index < -0.39 is 51.5 Å². The number of carbonyl (C=O) groups is 2. The highest BCUT2D eigenvalue weighted by molar-refractivity contribution is 7.86. The number of aromatic hydroxyl groups is 2. The van der Waals surface area contributed by atoms with Crippen molar-refractivity contribution in [1.29, 1.82) is 0 Å². The maximum absolute atomic E-state index is 15.0. The summed E-state index contributed by atoms with van der Waals surface area (Å²) in [4.78, 5) is 26.8. The summed E-state index contributed by atoms with van der Waals surface area (Å²) in [5, 5.41) is 24.2. The van der Waals surface area contributed by atoms with E-state index in [2.05, 4.69) is 33.4 Å². The predicted molar refractivity (Wildman–Crippen MR) is 177 cm³/mol. The lowest BCUT2D eigenvalue weighted by Crippen LogP contribution is -2.23. The van der Waals surface area contributed by atoms with Crippen molar-refractivity contribution in [2.45, 2.75) is 26.8 Å². The van der Waals surface area contributed by atoms with Crippen molar-refractivity contribution in [3.05, 3.63) is 72.9 Å². The minimum absolute atomic E-state index is 0.184. The Balaban J connectivity index is 0.000000170. The van der Waals surface area contributed by atoms with Crippen molar-refractivity contribution >= 4 is 56.6 Å². The van der Waals surface area contributed by atoms with Crippen LogP contribution in [0.15, 0.2) is 65.7 Å². The lowest BCUT2D eigenvalue weighted by Gasteiger charge is -2.18. The molecule has 18 heteroatoms. The average Bonchev–Trinajstić information content (AvgIpc) is 3.84.